The van der Waals surface area contributed by atoms with Crippen LogP contribution in [-0.4, -0.2) is 33.9 Å². The van der Waals surface area contributed by atoms with Crippen LogP contribution in [0.5, 0.6) is 0 Å². The third-order valence-electron chi connectivity index (χ3n) is 5.70. The van der Waals surface area contributed by atoms with Crippen LogP contribution in [0.25, 0.3) is 0 Å². The molecule has 182 valence electrons. The Labute approximate surface area is 206 Å². The number of rotatable bonds is 13. The van der Waals surface area contributed by atoms with Gasteiger partial charge in [0.2, 0.25) is 0 Å². The van der Waals surface area contributed by atoms with E-state index in [0.29, 0.717) is 25.6 Å². The minimum Gasteiger partial charge on any atom is -0.394 e. The molecule has 0 aliphatic carbocycles. The predicted octanol–water partition coefficient (Wildman–Crippen LogP) is 5.14. The molecule has 3 aromatic carbocycles. The van der Waals surface area contributed by atoms with Gasteiger partial charge in [0.25, 0.3) is 0 Å². The van der Waals surface area contributed by atoms with Gasteiger partial charge in [0, 0.05) is 11.9 Å². The Balaban J connectivity index is 1.59. The SMILES string of the molecule is Cc1cnc([C@H](OCc2ccccc2)[C@@H](OCc2ccccc2)[C@H](CO)OCc2ccccc2)[nH]1. The topological polar surface area (TPSA) is 76.6 Å². The van der Waals surface area contributed by atoms with Gasteiger partial charge in [-0.05, 0) is 23.6 Å². The molecule has 0 bridgehead atoms. The molecule has 0 amide bonds. The number of nitrogens with zero attached hydrogens (tertiary/aromatic N) is 1. The molecule has 2 N–H and O–H groups in total. The average Bonchev–Trinajstić information content (AvgIpc) is 3.34. The number of hydrogen-bond acceptors (Lipinski definition) is 5. The number of benzene rings is 3. The second-order valence-electron chi connectivity index (χ2n) is 8.45. The van der Waals surface area contributed by atoms with Crippen LogP contribution in [-0.2, 0) is 34.0 Å². The van der Waals surface area contributed by atoms with E-state index >= 15 is 0 Å². The van der Waals surface area contributed by atoms with Gasteiger partial charge < -0.3 is 24.3 Å². The monoisotopic (exact) mass is 472 g/mol. The summed E-state index contributed by atoms with van der Waals surface area (Å²) in [5, 5.41) is 10.4. The first-order chi connectivity index (χ1) is 17.2. The summed E-state index contributed by atoms with van der Waals surface area (Å²) in [5.41, 5.74) is 3.99. The number of aromatic amines is 1. The summed E-state index contributed by atoms with van der Waals surface area (Å²) in [5.74, 6) is 0.637. The number of hydrogen-bond donors (Lipinski definition) is 2. The molecule has 0 unspecified atom stereocenters. The number of aromatic nitrogens is 2. The Morgan fingerprint density at radius 1 is 0.714 bits per heavy atom. The van der Waals surface area contributed by atoms with Gasteiger partial charge in [0.1, 0.15) is 24.1 Å². The molecule has 1 heterocycles. The van der Waals surface area contributed by atoms with Crippen molar-refractivity contribution in [1.82, 2.24) is 9.97 Å². The number of aliphatic hydroxyl groups is 1. The third kappa shape index (κ3) is 7.34. The van der Waals surface area contributed by atoms with Crippen molar-refractivity contribution in [3.8, 4) is 0 Å². The summed E-state index contributed by atoms with van der Waals surface area (Å²) in [4.78, 5) is 7.83. The zero-order valence-corrected chi connectivity index (χ0v) is 19.9. The van der Waals surface area contributed by atoms with Crippen LogP contribution in [0, 0.1) is 6.92 Å². The molecule has 0 fully saturated rings. The fourth-order valence-corrected chi connectivity index (χ4v) is 3.85. The fourth-order valence-electron chi connectivity index (χ4n) is 3.85. The van der Waals surface area contributed by atoms with Crippen LogP contribution in [0.15, 0.2) is 97.2 Å². The standard InChI is InChI=1S/C29H32N2O4/c1-22-17-30-29(31-22)28(35-21-25-15-9-4-10-16-25)27(34-20-24-13-7-3-8-14-24)26(18-32)33-19-23-11-5-2-6-12-23/h2-17,26-28,32H,18-21H2,1H3,(H,30,31)/t26-,27-,28+/m0/s1. The summed E-state index contributed by atoms with van der Waals surface area (Å²) < 4.78 is 19.0. The molecule has 35 heavy (non-hydrogen) atoms. The number of imidazole rings is 1. The largest absolute Gasteiger partial charge is 0.394 e. The maximum Gasteiger partial charge on any atom is 0.144 e. The second kappa shape index (κ2) is 13.0. The molecule has 4 rings (SSSR count). The lowest BCUT2D eigenvalue weighted by Gasteiger charge is -2.32. The van der Waals surface area contributed by atoms with Crippen LogP contribution < -0.4 is 0 Å². The summed E-state index contributed by atoms with van der Waals surface area (Å²) in [6.45, 7) is 2.78. The molecular weight excluding hydrogens is 440 g/mol. The Hall–Kier alpha value is -3.29. The maximum atomic E-state index is 10.4. The van der Waals surface area contributed by atoms with Crippen LogP contribution in [0.3, 0.4) is 0 Å². The normalized spacial score (nSPS) is 13.9. The van der Waals surface area contributed by atoms with E-state index < -0.39 is 18.3 Å². The van der Waals surface area contributed by atoms with Gasteiger partial charge in [0.15, 0.2) is 0 Å². The number of aryl methyl sites for hydroxylation is 1. The van der Waals surface area contributed by atoms with Gasteiger partial charge in [-0.1, -0.05) is 91.0 Å². The highest BCUT2D eigenvalue weighted by molar-refractivity contribution is 5.16. The van der Waals surface area contributed by atoms with Gasteiger partial charge in [-0.2, -0.15) is 0 Å². The summed E-state index contributed by atoms with van der Waals surface area (Å²) in [6, 6.07) is 29.8. The van der Waals surface area contributed by atoms with Gasteiger partial charge in [-0.15, -0.1) is 0 Å². The lowest BCUT2D eigenvalue weighted by atomic mass is 10.1. The molecule has 0 saturated heterocycles. The van der Waals surface area contributed by atoms with Crippen molar-refractivity contribution in [2.75, 3.05) is 6.61 Å². The van der Waals surface area contributed by atoms with E-state index in [1.165, 1.54) is 0 Å². The Kier molecular flexibility index (Phi) is 9.20. The van der Waals surface area contributed by atoms with E-state index in [0.717, 1.165) is 22.4 Å². The van der Waals surface area contributed by atoms with E-state index in [9.17, 15) is 5.11 Å². The Morgan fingerprint density at radius 3 is 1.66 bits per heavy atom. The smallest absolute Gasteiger partial charge is 0.144 e. The van der Waals surface area contributed by atoms with E-state index in [1.54, 1.807) is 6.20 Å². The third-order valence-corrected chi connectivity index (χ3v) is 5.70. The summed E-state index contributed by atoms with van der Waals surface area (Å²) in [6.07, 6.45) is -0.0647. The van der Waals surface area contributed by atoms with Crippen molar-refractivity contribution in [2.45, 2.75) is 45.1 Å². The average molecular weight is 473 g/mol. The molecule has 6 heteroatoms. The van der Waals surface area contributed by atoms with Crippen molar-refractivity contribution >= 4 is 0 Å². The number of H-pyrrole nitrogens is 1. The van der Waals surface area contributed by atoms with E-state index in [-0.39, 0.29) is 6.61 Å². The van der Waals surface area contributed by atoms with Crippen LogP contribution >= 0.6 is 0 Å². The minimum absolute atomic E-state index is 0.225. The number of nitrogens with one attached hydrogen (secondary N) is 1. The fraction of sp³-hybridized carbons (Fsp3) is 0.276. The van der Waals surface area contributed by atoms with Crippen LogP contribution in [0.2, 0.25) is 0 Å². The van der Waals surface area contributed by atoms with Gasteiger partial charge >= 0.3 is 0 Å². The van der Waals surface area contributed by atoms with E-state index in [4.69, 9.17) is 14.2 Å². The molecule has 3 atom stereocenters. The second-order valence-corrected chi connectivity index (χ2v) is 8.45. The van der Waals surface area contributed by atoms with E-state index in [1.807, 2.05) is 97.9 Å². The van der Waals surface area contributed by atoms with Gasteiger partial charge in [0.05, 0.1) is 26.4 Å². The molecule has 1 aromatic heterocycles. The summed E-state index contributed by atoms with van der Waals surface area (Å²) >= 11 is 0. The van der Waals surface area contributed by atoms with Crippen LogP contribution in [0.4, 0.5) is 0 Å². The molecule has 6 nitrogen and oxygen atoms in total. The Bertz CT molecular complexity index is 1120. The lowest BCUT2D eigenvalue weighted by Crippen LogP contribution is -2.40. The predicted molar refractivity (Wildman–Crippen MR) is 134 cm³/mol. The molecule has 0 spiro atoms. The first-order valence-electron chi connectivity index (χ1n) is 11.8. The molecule has 0 aliphatic heterocycles. The highest BCUT2D eigenvalue weighted by Gasteiger charge is 2.35. The zero-order chi connectivity index (χ0) is 24.3. The van der Waals surface area contributed by atoms with Crippen molar-refractivity contribution in [2.24, 2.45) is 0 Å². The van der Waals surface area contributed by atoms with E-state index in [2.05, 4.69) is 9.97 Å². The molecule has 0 aliphatic rings. The molecule has 4 aromatic rings. The van der Waals surface area contributed by atoms with Crippen molar-refractivity contribution in [3.05, 3.63) is 125 Å². The Morgan fingerprint density at radius 2 is 1.20 bits per heavy atom. The van der Waals surface area contributed by atoms with Crippen molar-refractivity contribution < 1.29 is 19.3 Å². The molecular formula is C29H32N2O4. The first kappa shape index (κ1) is 24.8. The maximum absolute atomic E-state index is 10.4. The van der Waals surface area contributed by atoms with Gasteiger partial charge in [-0.3, -0.25) is 0 Å². The highest BCUT2D eigenvalue weighted by Crippen LogP contribution is 2.28. The highest BCUT2D eigenvalue weighted by atomic mass is 16.6. The van der Waals surface area contributed by atoms with Crippen LogP contribution in [0.1, 0.15) is 34.3 Å². The number of aliphatic hydroxyl groups excluding tert-OH is 1. The minimum atomic E-state index is -0.634. The van der Waals surface area contributed by atoms with Crippen molar-refractivity contribution in [1.29, 1.82) is 0 Å². The molecule has 0 radical (unpaired) electrons. The quantitative estimate of drug-likeness (QED) is 0.282. The number of ether oxygens (including phenoxy) is 3. The zero-order valence-electron chi connectivity index (χ0n) is 19.9. The summed E-state index contributed by atoms with van der Waals surface area (Å²) in [7, 11) is 0. The molecule has 0 saturated carbocycles. The lowest BCUT2D eigenvalue weighted by molar-refractivity contribution is -0.165. The van der Waals surface area contributed by atoms with Gasteiger partial charge in [-0.25, -0.2) is 4.98 Å². The first-order valence-corrected chi connectivity index (χ1v) is 11.8. The van der Waals surface area contributed by atoms with Crippen molar-refractivity contribution in [3.63, 3.8) is 0 Å².